The summed E-state index contributed by atoms with van der Waals surface area (Å²) in [5, 5.41) is 11.6. The lowest BCUT2D eigenvalue weighted by molar-refractivity contribution is -0.889. The molecule has 0 rings (SSSR count). The van der Waals surface area contributed by atoms with Gasteiger partial charge in [-0.3, -0.25) is 9.59 Å². The summed E-state index contributed by atoms with van der Waals surface area (Å²) in [6, 6.07) is -0.721. The summed E-state index contributed by atoms with van der Waals surface area (Å²) in [6.45, 7) is 4.62. The fourth-order valence-corrected chi connectivity index (χ4v) is 6.11. The maximum atomic E-state index is 12.6. The van der Waals surface area contributed by atoms with Crippen molar-refractivity contribution in [3.8, 4) is 0 Å². The van der Waals surface area contributed by atoms with E-state index in [1.807, 2.05) is 0 Å². The highest BCUT2D eigenvalue weighted by atomic mass is 16.6. The lowest BCUT2D eigenvalue weighted by Gasteiger charge is -2.34. The Hall–Kier alpha value is -1.93. The number of carbonyl (C=O) groups excluding carboxylic acids is 3. The van der Waals surface area contributed by atoms with Crippen LogP contribution in [-0.2, 0) is 28.6 Å². The number of nitrogens with zero attached hydrogens (tertiary/aromatic N) is 1. The number of carboxylic acid groups (broad SMARTS) is 1. The second-order valence-corrected chi connectivity index (χ2v) is 15.2. The van der Waals surface area contributed by atoms with E-state index < -0.39 is 18.1 Å². The van der Waals surface area contributed by atoms with Crippen molar-refractivity contribution in [3.63, 3.8) is 0 Å². The van der Waals surface area contributed by atoms with Gasteiger partial charge in [0.05, 0.1) is 40.3 Å². The van der Waals surface area contributed by atoms with Gasteiger partial charge in [0.25, 0.3) is 0 Å². The van der Waals surface area contributed by atoms with Crippen LogP contribution in [0.1, 0.15) is 187 Å². The Morgan fingerprint density at radius 2 is 1.02 bits per heavy atom. The molecule has 0 aromatic heterocycles. The van der Waals surface area contributed by atoms with Crippen LogP contribution in [0.2, 0.25) is 0 Å². The minimum atomic E-state index is -1.12. The fraction of sp³-hybridized carbons (Fsp3) is 0.881. The molecule has 2 atom stereocenters. The van der Waals surface area contributed by atoms with E-state index in [0.29, 0.717) is 12.8 Å². The highest BCUT2D eigenvalue weighted by molar-refractivity contribution is 5.70. The minimum absolute atomic E-state index is 0.0423. The van der Waals surface area contributed by atoms with Crippen LogP contribution in [0.15, 0.2) is 12.2 Å². The minimum Gasteiger partial charge on any atom is -0.544 e. The molecular formula is C42H79NO7. The van der Waals surface area contributed by atoms with E-state index in [-0.39, 0.29) is 42.7 Å². The third-order valence-electron chi connectivity index (χ3n) is 9.40. The number of rotatable bonds is 37. The topological polar surface area (TPSA) is 102 Å². The van der Waals surface area contributed by atoms with E-state index in [4.69, 9.17) is 14.2 Å². The molecule has 0 aliphatic carbocycles. The fourth-order valence-electron chi connectivity index (χ4n) is 6.11. The van der Waals surface area contributed by atoms with Crippen LogP contribution in [0, 0.1) is 0 Å². The number of esters is 2. The predicted molar refractivity (Wildman–Crippen MR) is 204 cm³/mol. The molecule has 0 saturated heterocycles. The van der Waals surface area contributed by atoms with Gasteiger partial charge in [0.15, 0.2) is 6.10 Å². The summed E-state index contributed by atoms with van der Waals surface area (Å²) in [6.07, 6.45) is 33.7. The molecular weight excluding hydrogens is 630 g/mol. The summed E-state index contributed by atoms with van der Waals surface area (Å²) in [4.78, 5) is 36.7. The summed E-state index contributed by atoms with van der Waals surface area (Å²) < 4.78 is 17.1. The van der Waals surface area contributed by atoms with Gasteiger partial charge in [-0.2, -0.15) is 0 Å². The Morgan fingerprint density at radius 1 is 0.580 bits per heavy atom. The molecule has 2 unspecified atom stereocenters. The number of hydrogen-bond acceptors (Lipinski definition) is 7. The first-order valence-corrected chi connectivity index (χ1v) is 20.7. The van der Waals surface area contributed by atoms with Crippen LogP contribution >= 0.6 is 0 Å². The number of aliphatic carboxylic acids is 1. The zero-order chi connectivity index (χ0) is 37.1. The summed E-state index contributed by atoms with van der Waals surface area (Å²) in [5.41, 5.74) is 0. The average Bonchev–Trinajstić information content (AvgIpc) is 3.06. The van der Waals surface area contributed by atoms with Crippen LogP contribution < -0.4 is 5.11 Å². The first kappa shape index (κ1) is 48.1. The molecule has 8 nitrogen and oxygen atoms in total. The summed E-state index contributed by atoms with van der Waals surface area (Å²) in [5.74, 6) is -1.74. The number of ether oxygens (including phenoxy) is 3. The van der Waals surface area contributed by atoms with E-state index >= 15 is 0 Å². The quantitative estimate of drug-likeness (QED) is 0.0274. The standard InChI is InChI=1S/C42H79NO7/c1-6-8-10-12-14-16-18-19-20-21-23-24-26-28-30-32-40(44)49-37-38(36-48-35-34-39(42(46)47)43(3,4)5)50-41(45)33-31-29-27-25-22-17-15-13-11-9-7-2/h13,15,38-39H,6-12,14,16-37H2,1-5H3/b15-13-. The Morgan fingerprint density at radius 3 is 1.50 bits per heavy atom. The largest absolute Gasteiger partial charge is 0.544 e. The van der Waals surface area contributed by atoms with Gasteiger partial charge in [-0.25, -0.2) is 0 Å². The van der Waals surface area contributed by atoms with Gasteiger partial charge in [0, 0.05) is 19.3 Å². The SMILES string of the molecule is CCCC/C=C\CCCCCCCC(=O)OC(COCCC(C(=O)[O-])[N+](C)(C)C)COC(=O)CCCCCCCCCCCCCCCCC. The second kappa shape index (κ2) is 34.2. The van der Waals surface area contributed by atoms with Crippen molar-refractivity contribution >= 4 is 17.9 Å². The van der Waals surface area contributed by atoms with Gasteiger partial charge in [-0.15, -0.1) is 0 Å². The van der Waals surface area contributed by atoms with Crippen LogP contribution in [0.3, 0.4) is 0 Å². The molecule has 0 aliphatic heterocycles. The van der Waals surface area contributed by atoms with Crippen LogP contribution in [0.25, 0.3) is 0 Å². The van der Waals surface area contributed by atoms with Crippen molar-refractivity contribution < 1.29 is 38.2 Å². The van der Waals surface area contributed by atoms with Gasteiger partial charge in [-0.1, -0.05) is 148 Å². The third kappa shape index (κ3) is 32.0. The van der Waals surface area contributed by atoms with E-state index in [2.05, 4.69) is 26.0 Å². The van der Waals surface area contributed by atoms with Crippen molar-refractivity contribution in [2.24, 2.45) is 0 Å². The van der Waals surface area contributed by atoms with Gasteiger partial charge >= 0.3 is 11.9 Å². The highest BCUT2D eigenvalue weighted by Gasteiger charge is 2.25. The number of likely N-dealkylation sites (N-methyl/N-ethyl adjacent to an activating group) is 1. The van der Waals surface area contributed by atoms with Crippen molar-refractivity contribution in [1.82, 2.24) is 0 Å². The predicted octanol–water partition coefficient (Wildman–Crippen LogP) is 9.41. The van der Waals surface area contributed by atoms with Gasteiger partial charge in [0.2, 0.25) is 0 Å². The van der Waals surface area contributed by atoms with Gasteiger partial charge in [0.1, 0.15) is 12.6 Å². The second-order valence-electron chi connectivity index (χ2n) is 15.2. The monoisotopic (exact) mass is 710 g/mol. The summed E-state index contributed by atoms with van der Waals surface area (Å²) in [7, 11) is 5.40. The number of unbranched alkanes of at least 4 members (excludes halogenated alkanes) is 21. The molecule has 294 valence electrons. The molecule has 0 saturated carbocycles. The maximum Gasteiger partial charge on any atom is 0.306 e. The van der Waals surface area contributed by atoms with Gasteiger partial charge < -0.3 is 28.6 Å². The molecule has 0 bridgehead atoms. The number of carbonyl (C=O) groups is 3. The Labute approximate surface area is 308 Å². The maximum absolute atomic E-state index is 12.6. The molecule has 0 aromatic rings. The highest BCUT2D eigenvalue weighted by Crippen LogP contribution is 2.15. The van der Waals surface area contributed by atoms with Gasteiger partial charge in [-0.05, 0) is 32.1 Å². The zero-order valence-electron chi connectivity index (χ0n) is 33.3. The zero-order valence-corrected chi connectivity index (χ0v) is 33.3. The van der Waals surface area contributed by atoms with E-state index in [1.54, 1.807) is 21.1 Å². The van der Waals surface area contributed by atoms with E-state index in [9.17, 15) is 19.5 Å². The third-order valence-corrected chi connectivity index (χ3v) is 9.40. The molecule has 0 aromatic carbocycles. The molecule has 8 heteroatoms. The molecule has 0 N–H and O–H groups in total. The lowest BCUT2D eigenvalue weighted by Crippen LogP contribution is -2.55. The van der Waals surface area contributed by atoms with Crippen LogP contribution in [0.5, 0.6) is 0 Å². The summed E-state index contributed by atoms with van der Waals surface area (Å²) >= 11 is 0. The molecule has 0 fully saturated rings. The van der Waals surface area contributed by atoms with E-state index in [1.165, 1.54) is 103 Å². The van der Waals surface area contributed by atoms with Crippen molar-refractivity contribution in [2.75, 3.05) is 41.0 Å². The van der Waals surface area contributed by atoms with Crippen LogP contribution in [0.4, 0.5) is 0 Å². The normalized spacial score (nSPS) is 13.1. The van der Waals surface area contributed by atoms with Crippen molar-refractivity contribution in [1.29, 1.82) is 0 Å². The molecule has 0 heterocycles. The molecule has 50 heavy (non-hydrogen) atoms. The number of hydrogen-bond donors (Lipinski definition) is 0. The molecule has 0 amide bonds. The first-order chi connectivity index (χ1) is 24.1. The lowest BCUT2D eigenvalue weighted by atomic mass is 10.0. The average molecular weight is 710 g/mol. The Balaban J connectivity index is 4.34. The van der Waals surface area contributed by atoms with Crippen molar-refractivity contribution in [3.05, 3.63) is 12.2 Å². The van der Waals surface area contributed by atoms with E-state index in [0.717, 1.165) is 51.4 Å². The number of allylic oxidation sites excluding steroid dienone is 2. The number of quaternary nitrogens is 1. The van der Waals surface area contributed by atoms with Crippen LogP contribution in [-0.4, -0.2) is 75.5 Å². The number of carboxylic acids is 1. The molecule has 0 radical (unpaired) electrons. The van der Waals surface area contributed by atoms with Crippen molar-refractivity contribution in [2.45, 2.75) is 199 Å². The Bertz CT molecular complexity index is 838. The smallest absolute Gasteiger partial charge is 0.306 e. The Kier molecular flexibility index (Phi) is 32.9. The molecule has 0 aliphatic rings. The molecule has 0 spiro atoms. The first-order valence-electron chi connectivity index (χ1n) is 20.7.